The summed E-state index contributed by atoms with van der Waals surface area (Å²) < 4.78 is 43.9. The zero-order valence-corrected chi connectivity index (χ0v) is 13.0. The predicted octanol–water partition coefficient (Wildman–Crippen LogP) is 3.09. The molecule has 0 bridgehead atoms. The summed E-state index contributed by atoms with van der Waals surface area (Å²) in [7, 11) is 0. The fourth-order valence-electron chi connectivity index (χ4n) is 2.76. The number of amides is 1. The van der Waals surface area contributed by atoms with Crippen LogP contribution in [0.4, 0.5) is 18.9 Å². The zero-order valence-electron chi connectivity index (χ0n) is 13.0. The minimum Gasteiger partial charge on any atom is -0.381 e. The van der Waals surface area contributed by atoms with Gasteiger partial charge in [-0.2, -0.15) is 13.2 Å². The Balaban J connectivity index is 2.37. The standard InChI is InChI=1S/C15H17F3N2O4/c1-10-12(3-2-4-13(10)20(22)23)14(21)19(9-15(16,17)18)11-5-7-24-8-6-11/h2-4,11H,5-9H2,1H3. The highest BCUT2D eigenvalue weighted by Crippen LogP contribution is 2.27. The van der Waals surface area contributed by atoms with E-state index in [0.29, 0.717) is 12.8 Å². The monoisotopic (exact) mass is 346 g/mol. The van der Waals surface area contributed by atoms with Crippen LogP contribution in [0.3, 0.4) is 0 Å². The number of carbonyl (C=O) groups excluding carboxylic acids is 1. The maximum Gasteiger partial charge on any atom is 0.406 e. The number of carbonyl (C=O) groups is 1. The summed E-state index contributed by atoms with van der Waals surface area (Å²) in [5.74, 6) is -0.847. The number of halogens is 3. The number of ether oxygens (including phenoxy) is 1. The van der Waals surface area contributed by atoms with Gasteiger partial charge in [-0.25, -0.2) is 0 Å². The largest absolute Gasteiger partial charge is 0.406 e. The molecule has 1 heterocycles. The lowest BCUT2D eigenvalue weighted by Crippen LogP contribution is -2.48. The van der Waals surface area contributed by atoms with Crippen molar-refractivity contribution in [3.05, 3.63) is 39.4 Å². The third-order valence-corrected chi connectivity index (χ3v) is 3.97. The zero-order chi connectivity index (χ0) is 17.9. The summed E-state index contributed by atoms with van der Waals surface area (Å²) in [4.78, 5) is 23.8. The van der Waals surface area contributed by atoms with E-state index in [1.165, 1.54) is 25.1 Å². The number of alkyl halides is 3. The highest BCUT2D eigenvalue weighted by atomic mass is 19.4. The summed E-state index contributed by atoms with van der Waals surface area (Å²) >= 11 is 0. The third kappa shape index (κ3) is 4.22. The Labute approximate surface area is 136 Å². The maximum absolute atomic E-state index is 12.9. The molecule has 24 heavy (non-hydrogen) atoms. The van der Waals surface area contributed by atoms with Crippen LogP contribution in [0.15, 0.2) is 18.2 Å². The molecule has 1 aliphatic heterocycles. The molecule has 1 saturated heterocycles. The highest BCUT2D eigenvalue weighted by molar-refractivity contribution is 5.96. The second kappa shape index (κ2) is 7.16. The second-order valence-corrected chi connectivity index (χ2v) is 5.60. The summed E-state index contributed by atoms with van der Waals surface area (Å²) in [6.07, 6.45) is -3.95. The molecular weight excluding hydrogens is 329 g/mol. The van der Waals surface area contributed by atoms with E-state index < -0.39 is 29.6 Å². The molecule has 9 heteroatoms. The second-order valence-electron chi connectivity index (χ2n) is 5.60. The Hall–Kier alpha value is -2.16. The van der Waals surface area contributed by atoms with Crippen LogP contribution in [0, 0.1) is 17.0 Å². The average Bonchev–Trinajstić information content (AvgIpc) is 2.52. The SMILES string of the molecule is Cc1c(C(=O)N(CC(F)(F)F)C2CCOCC2)cccc1[N+](=O)[O-]. The normalized spacial score (nSPS) is 16.0. The first kappa shape index (κ1) is 18.2. The van der Waals surface area contributed by atoms with E-state index in [0.717, 1.165) is 4.90 Å². The Morgan fingerprint density at radius 2 is 2.00 bits per heavy atom. The van der Waals surface area contributed by atoms with E-state index in [1.807, 2.05) is 0 Å². The van der Waals surface area contributed by atoms with Crippen molar-refractivity contribution >= 4 is 11.6 Å². The fraction of sp³-hybridized carbons (Fsp3) is 0.533. The van der Waals surface area contributed by atoms with E-state index in [2.05, 4.69) is 0 Å². The van der Waals surface area contributed by atoms with Gasteiger partial charge in [-0.3, -0.25) is 14.9 Å². The van der Waals surface area contributed by atoms with E-state index in [1.54, 1.807) is 0 Å². The van der Waals surface area contributed by atoms with Gasteiger partial charge in [-0.05, 0) is 25.8 Å². The smallest absolute Gasteiger partial charge is 0.381 e. The van der Waals surface area contributed by atoms with Gasteiger partial charge in [0, 0.05) is 36.4 Å². The van der Waals surface area contributed by atoms with Crippen molar-refractivity contribution in [1.82, 2.24) is 4.90 Å². The van der Waals surface area contributed by atoms with Gasteiger partial charge in [0.25, 0.3) is 11.6 Å². The van der Waals surface area contributed by atoms with Gasteiger partial charge in [0.2, 0.25) is 0 Å². The summed E-state index contributed by atoms with van der Waals surface area (Å²) in [6.45, 7) is 0.528. The lowest BCUT2D eigenvalue weighted by Gasteiger charge is -2.35. The molecule has 0 aromatic heterocycles. The highest BCUT2D eigenvalue weighted by Gasteiger charge is 2.38. The van der Waals surface area contributed by atoms with Crippen LogP contribution in [-0.2, 0) is 4.74 Å². The molecule has 0 unspecified atom stereocenters. The van der Waals surface area contributed by atoms with Crippen molar-refractivity contribution < 1.29 is 27.6 Å². The van der Waals surface area contributed by atoms with E-state index in [4.69, 9.17) is 4.74 Å². The van der Waals surface area contributed by atoms with Crippen molar-refractivity contribution in [2.75, 3.05) is 19.8 Å². The molecule has 1 fully saturated rings. The molecule has 1 aliphatic rings. The van der Waals surface area contributed by atoms with Crippen molar-refractivity contribution in [2.24, 2.45) is 0 Å². The molecule has 132 valence electrons. The first-order chi connectivity index (χ1) is 11.2. The molecule has 6 nitrogen and oxygen atoms in total. The summed E-state index contributed by atoms with van der Waals surface area (Å²) in [5, 5.41) is 11.0. The number of hydrogen-bond donors (Lipinski definition) is 0. The fourth-order valence-corrected chi connectivity index (χ4v) is 2.76. The van der Waals surface area contributed by atoms with Gasteiger partial charge < -0.3 is 9.64 Å². The van der Waals surface area contributed by atoms with Crippen LogP contribution in [0.2, 0.25) is 0 Å². The number of benzene rings is 1. The number of rotatable bonds is 4. The summed E-state index contributed by atoms with van der Waals surface area (Å²) in [5.41, 5.74) is -0.313. The topological polar surface area (TPSA) is 72.7 Å². The third-order valence-electron chi connectivity index (χ3n) is 3.97. The van der Waals surface area contributed by atoms with Crippen molar-refractivity contribution in [3.63, 3.8) is 0 Å². The quantitative estimate of drug-likeness (QED) is 0.620. The lowest BCUT2D eigenvalue weighted by atomic mass is 10.0. The molecular formula is C15H17F3N2O4. The molecule has 0 N–H and O–H groups in total. The Bertz CT molecular complexity index is 628. The number of hydrogen-bond acceptors (Lipinski definition) is 4. The molecule has 2 rings (SSSR count). The van der Waals surface area contributed by atoms with Crippen molar-refractivity contribution in [1.29, 1.82) is 0 Å². The molecule has 1 amide bonds. The first-order valence-corrected chi connectivity index (χ1v) is 7.40. The van der Waals surface area contributed by atoms with Gasteiger partial charge in [-0.15, -0.1) is 0 Å². The van der Waals surface area contributed by atoms with Crippen LogP contribution < -0.4 is 0 Å². The first-order valence-electron chi connectivity index (χ1n) is 7.40. The molecule has 0 spiro atoms. The van der Waals surface area contributed by atoms with Crippen LogP contribution >= 0.6 is 0 Å². The maximum atomic E-state index is 12.9. The van der Waals surface area contributed by atoms with E-state index in [-0.39, 0.29) is 30.0 Å². The number of nitrogens with zero attached hydrogens (tertiary/aromatic N) is 2. The van der Waals surface area contributed by atoms with Crippen LogP contribution in [-0.4, -0.2) is 47.7 Å². The van der Waals surface area contributed by atoms with Crippen molar-refractivity contribution in [3.8, 4) is 0 Å². The minimum atomic E-state index is -4.55. The van der Waals surface area contributed by atoms with Crippen molar-refractivity contribution in [2.45, 2.75) is 32.0 Å². The van der Waals surface area contributed by atoms with E-state index >= 15 is 0 Å². The molecule has 0 radical (unpaired) electrons. The van der Waals surface area contributed by atoms with E-state index in [9.17, 15) is 28.1 Å². The van der Waals surface area contributed by atoms with Gasteiger partial charge in [0.1, 0.15) is 6.54 Å². The molecule has 1 aromatic rings. The molecule has 1 aromatic carbocycles. The summed E-state index contributed by atoms with van der Waals surface area (Å²) in [6, 6.07) is 3.22. The Morgan fingerprint density at radius 3 is 2.54 bits per heavy atom. The lowest BCUT2D eigenvalue weighted by molar-refractivity contribution is -0.385. The van der Waals surface area contributed by atoms with Crippen LogP contribution in [0.5, 0.6) is 0 Å². The number of nitro groups is 1. The van der Waals surface area contributed by atoms with Crippen LogP contribution in [0.1, 0.15) is 28.8 Å². The van der Waals surface area contributed by atoms with Gasteiger partial charge in [0.05, 0.1) is 4.92 Å². The minimum absolute atomic E-state index is 0.0618. The Morgan fingerprint density at radius 1 is 1.38 bits per heavy atom. The molecule has 0 aliphatic carbocycles. The van der Waals surface area contributed by atoms with Gasteiger partial charge in [-0.1, -0.05) is 6.07 Å². The number of nitro benzene ring substituents is 1. The molecule has 0 saturated carbocycles. The predicted molar refractivity (Wildman–Crippen MR) is 78.8 cm³/mol. The average molecular weight is 346 g/mol. The van der Waals surface area contributed by atoms with Gasteiger partial charge in [0.15, 0.2) is 0 Å². The Kier molecular flexibility index (Phi) is 5.43. The van der Waals surface area contributed by atoms with Crippen LogP contribution in [0.25, 0.3) is 0 Å². The van der Waals surface area contributed by atoms with Gasteiger partial charge >= 0.3 is 6.18 Å². The molecule has 0 atom stereocenters.